The molecule has 1 fully saturated rings. The van der Waals surface area contributed by atoms with Gasteiger partial charge in [-0.3, -0.25) is 4.79 Å². The molecule has 0 unspecified atom stereocenters. The second-order valence-corrected chi connectivity index (χ2v) is 10.1. The van der Waals surface area contributed by atoms with Crippen LogP contribution in [0.2, 0.25) is 5.02 Å². The molecule has 1 aliphatic rings. The summed E-state index contributed by atoms with van der Waals surface area (Å²) in [5, 5.41) is 0.480. The van der Waals surface area contributed by atoms with Crippen molar-refractivity contribution in [1.29, 1.82) is 0 Å². The fraction of sp³-hybridized carbons (Fsp3) is 0.350. The van der Waals surface area contributed by atoms with Crippen molar-refractivity contribution in [2.45, 2.75) is 30.6 Å². The lowest BCUT2D eigenvalue weighted by atomic mass is 10.1. The van der Waals surface area contributed by atoms with Crippen LogP contribution >= 0.6 is 27.5 Å². The summed E-state index contributed by atoms with van der Waals surface area (Å²) in [7, 11) is -1.79. The van der Waals surface area contributed by atoms with Crippen LogP contribution in [-0.4, -0.2) is 38.8 Å². The highest BCUT2D eigenvalue weighted by atomic mass is 79.9. The molecule has 1 heterocycles. The smallest absolute Gasteiger partial charge is 0.243 e. The Balaban J connectivity index is 1.70. The zero-order valence-electron chi connectivity index (χ0n) is 15.6. The van der Waals surface area contributed by atoms with Gasteiger partial charge in [0.05, 0.1) is 22.0 Å². The molecule has 0 N–H and O–H groups in total. The lowest BCUT2D eigenvalue weighted by Gasteiger charge is -2.26. The first kappa shape index (κ1) is 21.3. The van der Waals surface area contributed by atoms with Crippen LogP contribution in [0.5, 0.6) is 0 Å². The lowest BCUT2D eigenvalue weighted by Crippen LogP contribution is -2.35. The average Bonchev–Trinajstić information content (AvgIpc) is 2.68. The molecule has 150 valence electrons. The molecular formula is C20H22BrClN2O3S. The largest absolute Gasteiger partial charge is 0.314 e. The molecule has 5 nitrogen and oxygen atoms in total. The van der Waals surface area contributed by atoms with Gasteiger partial charge in [-0.2, -0.15) is 4.31 Å². The van der Waals surface area contributed by atoms with E-state index < -0.39 is 10.0 Å². The fourth-order valence-corrected chi connectivity index (χ4v) is 5.53. The summed E-state index contributed by atoms with van der Waals surface area (Å²) in [5.74, 6) is -0.129. The SMILES string of the molecule is CN(C(=O)Cc1ccc(S(=O)(=O)N2CCCCC2)cc1)c1ccc(Br)cc1Cl. The zero-order chi connectivity index (χ0) is 20.3. The summed E-state index contributed by atoms with van der Waals surface area (Å²) < 4.78 is 27.8. The maximum absolute atomic E-state index is 12.7. The molecule has 0 atom stereocenters. The van der Waals surface area contributed by atoms with Gasteiger partial charge >= 0.3 is 0 Å². The molecule has 0 bridgehead atoms. The first-order valence-electron chi connectivity index (χ1n) is 9.10. The number of sulfonamides is 1. The van der Waals surface area contributed by atoms with Gasteiger partial charge in [0.15, 0.2) is 0 Å². The fourth-order valence-electron chi connectivity index (χ4n) is 3.21. The Hall–Kier alpha value is -1.41. The van der Waals surface area contributed by atoms with Gasteiger partial charge in [-0.15, -0.1) is 0 Å². The molecule has 0 spiro atoms. The van der Waals surface area contributed by atoms with Crippen LogP contribution in [0.15, 0.2) is 51.8 Å². The van der Waals surface area contributed by atoms with E-state index in [4.69, 9.17) is 11.6 Å². The van der Waals surface area contributed by atoms with Crippen molar-refractivity contribution >= 4 is 49.1 Å². The van der Waals surface area contributed by atoms with E-state index in [2.05, 4.69) is 15.9 Å². The number of halogens is 2. The predicted molar refractivity (Wildman–Crippen MR) is 115 cm³/mol. The molecule has 8 heteroatoms. The summed E-state index contributed by atoms with van der Waals surface area (Å²) in [5.41, 5.74) is 1.38. The molecule has 0 aromatic heterocycles. The maximum Gasteiger partial charge on any atom is 0.243 e. The number of hydrogen-bond donors (Lipinski definition) is 0. The number of anilines is 1. The quantitative estimate of drug-likeness (QED) is 0.627. The Kier molecular flexibility index (Phi) is 6.81. The van der Waals surface area contributed by atoms with Crippen LogP contribution in [0, 0.1) is 0 Å². The number of carbonyl (C=O) groups excluding carboxylic acids is 1. The minimum atomic E-state index is -3.46. The Morgan fingerprint density at radius 1 is 1.11 bits per heavy atom. The number of benzene rings is 2. The highest BCUT2D eigenvalue weighted by Crippen LogP contribution is 2.29. The van der Waals surface area contributed by atoms with Crippen LogP contribution in [0.4, 0.5) is 5.69 Å². The molecule has 0 radical (unpaired) electrons. The second kappa shape index (κ2) is 8.95. The first-order valence-corrected chi connectivity index (χ1v) is 11.7. The second-order valence-electron chi connectivity index (χ2n) is 6.83. The number of nitrogens with zero attached hydrogens (tertiary/aromatic N) is 2. The van der Waals surface area contributed by atoms with E-state index >= 15 is 0 Å². The van der Waals surface area contributed by atoms with Gasteiger partial charge in [-0.1, -0.05) is 46.1 Å². The molecule has 0 aliphatic carbocycles. The summed E-state index contributed by atoms with van der Waals surface area (Å²) >= 11 is 9.57. The molecule has 28 heavy (non-hydrogen) atoms. The molecule has 3 rings (SSSR count). The predicted octanol–water partition coefficient (Wildman–Crippen LogP) is 4.48. The highest BCUT2D eigenvalue weighted by molar-refractivity contribution is 9.10. The van der Waals surface area contributed by atoms with Crippen LogP contribution < -0.4 is 4.90 Å². The Bertz CT molecular complexity index is 958. The normalized spacial score (nSPS) is 15.4. The van der Waals surface area contributed by atoms with E-state index in [-0.39, 0.29) is 17.2 Å². The standard InChI is InChI=1S/C20H22BrClN2O3S/c1-23(19-10-7-16(21)14-18(19)22)20(25)13-15-5-8-17(9-6-15)28(26,27)24-11-3-2-4-12-24/h5-10,14H,2-4,11-13H2,1H3. The summed E-state index contributed by atoms with van der Waals surface area (Å²) in [4.78, 5) is 14.4. The lowest BCUT2D eigenvalue weighted by molar-refractivity contribution is -0.117. The molecular weight excluding hydrogens is 464 g/mol. The Labute approximate surface area is 179 Å². The van der Waals surface area contributed by atoms with Crippen LogP contribution in [0.25, 0.3) is 0 Å². The molecule has 2 aromatic rings. The summed E-state index contributed by atoms with van der Waals surface area (Å²) in [6.07, 6.45) is 3.03. The minimum absolute atomic E-state index is 0.129. The number of amides is 1. The van der Waals surface area contributed by atoms with Gasteiger partial charge in [0, 0.05) is 24.6 Å². The van der Waals surface area contributed by atoms with E-state index in [1.807, 2.05) is 6.07 Å². The molecule has 1 amide bonds. The van der Waals surface area contributed by atoms with E-state index in [0.29, 0.717) is 23.8 Å². The number of hydrogen-bond acceptors (Lipinski definition) is 3. The summed E-state index contributed by atoms with van der Waals surface area (Å²) in [6, 6.07) is 11.9. The average molecular weight is 486 g/mol. The third kappa shape index (κ3) is 4.76. The van der Waals surface area contributed by atoms with Gasteiger partial charge in [0.1, 0.15) is 0 Å². The third-order valence-corrected chi connectivity index (χ3v) is 7.59. The van der Waals surface area contributed by atoms with Crippen molar-refractivity contribution in [3.8, 4) is 0 Å². The van der Waals surface area contributed by atoms with Crippen molar-refractivity contribution < 1.29 is 13.2 Å². The molecule has 1 aliphatic heterocycles. The number of carbonyl (C=O) groups is 1. The van der Waals surface area contributed by atoms with Gasteiger partial charge in [0.2, 0.25) is 15.9 Å². The van der Waals surface area contributed by atoms with E-state index in [0.717, 1.165) is 29.3 Å². The van der Waals surface area contributed by atoms with Gasteiger partial charge < -0.3 is 4.90 Å². The van der Waals surface area contributed by atoms with Crippen molar-refractivity contribution in [2.75, 3.05) is 25.0 Å². The van der Waals surface area contributed by atoms with Crippen LogP contribution in [-0.2, 0) is 21.2 Å². The minimum Gasteiger partial charge on any atom is -0.314 e. The Morgan fingerprint density at radius 2 is 1.75 bits per heavy atom. The van der Waals surface area contributed by atoms with Crippen molar-refractivity contribution in [1.82, 2.24) is 4.31 Å². The van der Waals surface area contributed by atoms with Gasteiger partial charge in [0.25, 0.3) is 0 Å². The number of likely N-dealkylation sites (N-methyl/N-ethyl adjacent to an activating group) is 1. The van der Waals surface area contributed by atoms with E-state index in [1.54, 1.807) is 47.8 Å². The molecule has 1 saturated heterocycles. The van der Waals surface area contributed by atoms with E-state index in [1.165, 1.54) is 4.90 Å². The van der Waals surface area contributed by atoms with Crippen molar-refractivity contribution in [3.63, 3.8) is 0 Å². The molecule has 0 saturated carbocycles. The zero-order valence-corrected chi connectivity index (χ0v) is 18.7. The van der Waals surface area contributed by atoms with Crippen molar-refractivity contribution in [3.05, 3.63) is 57.5 Å². The third-order valence-electron chi connectivity index (χ3n) is 4.88. The summed E-state index contributed by atoms with van der Waals surface area (Å²) in [6.45, 7) is 1.14. The van der Waals surface area contributed by atoms with Crippen LogP contribution in [0.3, 0.4) is 0 Å². The van der Waals surface area contributed by atoms with Gasteiger partial charge in [-0.05, 0) is 48.7 Å². The van der Waals surface area contributed by atoms with Crippen LogP contribution in [0.1, 0.15) is 24.8 Å². The highest BCUT2D eigenvalue weighted by Gasteiger charge is 2.25. The monoisotopic (exact) mass is 484 g/mol. The Morgan fingerprint density at radius 3 is 2.36 bits per heavy atom. The molecule has 2 aromatic carbocycles. The topological polar surface area (TPSA) is 57.7 Å². The van der Waals surface area contributed by atoms with E-state index in [9.17, 15) is 13.2 Å². The number of piperidine rings is 1. The maximum atomic E-state index is 12.7. The van der Waals surface area contributed by atoms with Crippen molar-refractivity contribution in [2.24, 2.45) is 0 Å². The van der Waals surface area contributed by atoms with Gasteiger partial charge in [-0.25, -0.2) is 8.42 Å². The first-order chi connectivity index (χ1) is 13.3. The number of rotatable bonds is 5.